The molecule has 0 aliphatic carbocycles. The van der Waals surface area contributed by atoms with Crippen LogP contribution in [0.2, 0.25) is 15.1 Å². The van der Waals surface area contributed by atoms with E-state index in [-0.39, 0.29) is 12.5 Å². The van der Waals surface area contributed by atoms with Crippen LogP contribution < -0.4 is 15.8 Å². The van der Waals surface area contributed by atoms with Crippen LogP contribution in [0.4, 0.5) is 11.4 Å². The van der Waals surface area contributed by atoms with E-state index in [1.165, 1.54) is 0 Å². The zero-order chi connectivity index (χ0) is 15.4. The van der Waals surface area contributed by atoms with Gasteiger partial charge < -0.3 is 15.8 Å². The van der Waals surface area contributed by atoms with Crippen molar-refractivity contribution in [1.29, 1.82) is 0 Å². The summed E-state index contributed by atoms with van der Waals surface area (Å²) in [7, 11) is 0. The van der Waals surface area contributed by atoms with Gasteiger partial charge in [-0.3, -0.25) is 4.79 Å². The molecule has 2 aromatic rings. The van der Waals surface area contributed by atoms with Crippen molar-refractivity contribution in [2.45, 2.75) is 0 Å². The minimum atomic E-state index is -0.363. The first-order chi connectivity index (χ1) is 9.94. The molecule has 1 amide bonds. The Balaban J connectivity index is 1.95. The molecule has 3 N–H and O–H groups in total. The molecule has 0 fully saturated rings. The number of nitrogens with two attached hydrogens (primary N) is 1. The summed E-state index contributed by atoms with van der Waals surface area (Å²) >= 11 is 17.6. The van der Waals surface area contributed by atoms with Gasteiger partial charge in [0.1, 0.15) is 5.75 Å². The monoisotopic (exact) mass is 344 g/mol. The Morgan fingerprint density at radius 3 is 2.38 bits per heavy atom. The van der Waals surface area contributed by atoms with Crippen molar-refractivity contribution in [3.05, 3.63) is 51.5 Å². The predicted octanol–water partition coefficient (Wildman–Crippen LogP) is 4.25. The third-order valence-corrected chi connectivity index (χ3v) is 3.22. The molecule has 0 radical (unpaired) electrons. The van der Waals surface area contributed by atoms with Crippen LogP contribution in [0, 0.1) is 0 Å². The van der Waals surface area contributed by atoms with E-state index in [1.54, 1.807) is 36.4 Å². The van der Waals surface area contributed by atoms with Gasteiger partial charge in [-0.15, -0.1) is 0 Å². The topological polar surface area (TPSA) is 64.3 Å². The third kappa shape index (κ3) is 4.70. The molecule has 7 heteroatoms. The van der Waals surface area contributed by atoms with Gasteiger partial charge in [0.2, 0.25) is 0 Å². The second-order valence-corrected chi connectivity index (χ2v) is 5.46. The molecule has 0 saturated carbocycles. The Labute approximate surface area is 136 Å². The van der Waals surface area contributed by atoms with E-state index >= 15 is 0 Å². The van der Waals surface area contributed by atoms with Crippen molar-refractivity contribution >= 4 is 52.1 Å². The molecule has 4 nitrogen and oxygen atoms in total. The Kier molecular flexibility index (Phi) is 5.17. The van der Waals surface area contributed by atoms with E-state index in [9.17, 15) is 4.79 Å². The second-order valence-electron chi connectivity index (χ2n) is 4.18. The van der Waals surface area contributed by atoms with Crippen molar-refractivity contribution < 1.29 is 9.53 Å². The average molecular weight is 346 g/mol. The zero-order valence-corrected chi connectivity index (χ0v) is 13.0. The highest BCUT2D eigenvalue weighted by molar-refractivity contribution is 6.35. The number of nitrogens with one attached hydrogen (secondary N) is 1. The molecule has 0 atom stereocenters. The van der Waals surface area contributed by atoms with Crippen LogP contribution in [0.5, 0.6) is 5.75 Å². The minimum Gasteiger partial charge on any atom is -0.484 e. The van der Waals surface area contributed by atoms with Crippen LogP contribution in [-0.4, -0.2) is 12.5 Å². The van der Waals surface area contributed by atoms with Crippen molar-refractivity contribution in [3.63, 3.8) is 0 Å². The predicted molar refractivity (Wildman–Crippen MR) is 86.5 cm³/mol. The Morgan fingerprint density at radius 2 is 1.76 bits per heavy atom. The molecule has 0 aliphatic rings. The van der Waals surface area contributed by atoms with Crippen molar-refractivity contribution in [1.82, 2.24) is 0 Å². The fourth-order valence-electron chi connectivity index (χ4n) is 1.58. The van der Waals surface area contributed by atoms with E-state index in [0.29, 0.717) is 32.2 Å². The number of anilines is 2. The van der Waals surface area contributed by atoms with Crippen molar-refractivity contribution in [3.8, 4) is 5.75 Å². The number of amides is 1. The highest BCUT2D eigenvalue weighted by Crippen LogP contribution is 2.25. The number of hydrogen-bond donors (Lipinski definition) is 2. The van der Waals surface area contributed by atoms with Gasteiger partial charge in [-0.25, -0.2) is 0 Å². The van der Waals surface area contributed by atoms with Crippen LogP contribution >= 0.6 is 34.8 Å². The number of benzene rings is 2. The zero-order valence-electron chi connectivity index (χ0n) is 10.7. The smallest absolute Gasteiger partial charge is 0.262 e. The van der Waals surface area contributed by atoms with E-state index in [0.717, 1.165) is 0 Å². The molecule has 0 spiro atoms. The van der Waals surface area contributed by atoms with Gasteiger partial charge in [0.05, 0.1) is 10.7 Å². The summed E-state index contributed by atoms with van der Waals surface area (Å²) in [4.78, 5) is 11.8. The molecule has 0 unspecified atom stereocenters. The fraction of sp³-hybridized carbons (Fsp3) is 0.0714. The van der Waals surface area contributed by atoms with Gasteiger partial charge in [0.15, 0.2) is 6.61 Å². The summed E-state index contributed by atoms with van der Waals surface area (Å²) in [6, 6.07) is 9.51. The summed E-state index contributed by atoms with van der Waals surface area (Å²) in [5, 5.41) is 3.84. The molecular formula is C14H11Cl3N2O2. The lowest BCUT2D eigenvalue weighted by atomic mass is 10.3. The number of rotatable bonds is 4. The maximum Gasteiger partial charge on any atom is 0.262 e. The SMILES string of the molecule is Nc1ccc(NC(=O)COc2cc(Cl)cc(Cl)c2)c(Cl)c1. The van der Waals surface area contributed by atoms with Crippen molar-refractivity contribution in [2.75, 3.05) is 17.7 Å². The Morgan fingerprint density at radius 1 is 1.10 bits per heavy atom. The van der Waals surface area contributed by atoms with Crippen LogP contribution in [0.25, 0.3) is 0 Å². The maximum absolute atomic E-state index is 11.8. The molecule has 110 valence electrons. The maximum atomic E-state index is 11.8. The number of nitrogen functional groups attached to an aromatic ring is 1. The lowest BCUT2D eigenvalue weighted by molar-refractivity contribution is -0.118. The van der Waals surface area contributed by atoms with Crippen LogP contribution in [0.3, 0.4) is 0 Å². The molecule has 0 heterocycles. The first kappa shape index (κ1) is 15.8. The largest absolute Gasteiger partial charge is 0.484 e. The average Bonchev–Trinajstić information content (AvgIpc) is 2.39. The molecule has 2 aromatic carbocycles. The van der Waals surface area contributed by atoms with Gasteiger partial charge in [-0.2, -0.15) is 0 Å². The molecular weight excluding hydrogens is 335 g/mol. The second kappa shape index (κ2) is 6.89. The van der Waals surface area contributed by atoms with E-state index in [2.05, 4.69) is 5.32 Å². The third-order valence-electron chi connectivity index (χ3n) is 2.47. The van der Waals surface area contributed by atoms with Crippen molar-refractivity contribution in [2.24, 2.45) is 0 Å². The first-order valence-corrected chi connectivity index (χ1v) is 7.01. The van der Waals surface area contributed by atoms with Gasteiger partial charge in [-0.1, -0.05) is 34.8 Å². The Hall–Kier alpha value is -1.62. The quantitative estimate of drug-likeness (QED) is 0.814. The Bertz CT molecular complexity index is 657. The number of ether oxygens (including phenoxy) is 1. The number of halogens is 3. The van der Waals surface area contributed by atoms with Gasteiger partial charge in [0, 0.05) is 15.7 Å². The summed E-state index contributed by atoms with van der Waals surface area (Å²) in [6.45, 7) is -0.197. The number of carbonyl (C=O) groups is 1. The van der Waals surface area contributed by atoms with Gasteiger partial charge >= 0.3 is 0 Å². The van der Waals surface area contributed by atoms with Crippen LogP contribution in [0.15, 0.2) is 36.4 Å². The van der Waals surface area contributed by atoms with E-state index in [1.807, 2.05) is 0 Å². The summed E-state index contributed by atoms with van der Waals surface area (Å²) < 4.78 is 5.32. The van der Waals surface area contributed by atoms with Gasteiger partial charge in [-0.05, 0) is 36.4 Å². The van der Waals surface area contributed by atoms with Crippen LogP contribution in [0.1, 0.15) is 0 Å². The molecule has 21 heavy (non-hydrogen) atoms. The van der Waals surface area contributed by atoms with Gasteiger partial charge in [0.25, 0.3) is 5.91 Å². The summed E-state index contributed by atoms with van der Waals surface area (Å²) in [5.74, 6) is 0.0452. The van der Waals surface area contributed by atoms with E-state index < -0.39 is 0 Å². The normalized spacial score (nSPS) is 10.2. The summed E-state index contributed by atoms with van der Waals surface area (Å²) in [6.07, 6.45) is 0. The lowest BCUT2D eigenvalue weighted by Gasteiger charge is -2.09. The fourth-order valence-corrected chi connectivity index (χ4v) is 2.32. The number of carbonyl (C=O) groups excluding carboxylic acids is 1. The minimum absolute atomic E-state index is 0.197. The summed E-state index contributed by atoms with van der Waals surface area (Å²) in [5.41, 5.74) is 6.55. The standard InChI is InChI=1S/C14H11Cl3N2O2/c15-8-3-9(16)5-11(4-8)21-7-14(20)19-13-2-1-10(18)6-12(13)17/h1-6H,7,18H2,(H,19,20). The van der Waals surface area contributed by atoms with Crippen LogP contribution in [-0.2, 0) is 4.79 Å². The molecule has 2 rings (SSSR count). The highest BCUT2D eigenvalue weighted by Gasteiger charge is 2.08. The lowest BCUT2D eigenvalue weighted by Crippen LogP contribution is -2.20. The molecule has 0 aromatic heterocycles. The first-order valence-electron chi connectivity index (χ1n) is 5.88. The molecule has 0 bridgehead atoms. The highest BCUT2D eigenvalue weighted by atomic mass is 35.5. The van der Waals surface area contributed by atoms with E-state index in [4.69, 9.17) is 45.3 Å². The number of hydrogen-bond acceptors (Lipinski definition) is 3. The molecule has 0 aliphatic heterocycles. The molecule has 0 saturated heterocycles.